The highest BCUT2D eigenvalue weighted by Crippen LogP contribution is 2.59. The highest BCUT2D eigenvalue weighted by molar-refractivity contribution is 7.55. The first-order chi connectivity index (χ1) is 16.0. The van der Waals surface area contributed by atoms with E-state index in [4.69, 9.17) is 9.05 Å². The first kappa shape index (κ1) is 26.1. The minimum atomic E-state index is -3.60. The lowest BCUT2D eigenvalue weighted by molar-refractivity contribution is 0.136. The molecule has 0 aliphatic carbocycles. The predicted octanol–water partition coefficient (Wildman–Crippen LogP) is 9.05. The molecule has 3 aromatic carbocycles. The molecule has 0 fully saturated rings. The van der Waals surface area contributed by atoms with Gasteiger partial charge >= 0.3 is 7.60 Å². The summed E-state index contributed by atoms with van der Waals surface area (Å²) in [5.41, 5.74) is 0.869. The van der Waals surface area contributed by atoms with Crippen LogP contribution in [0.5, 0.6) is 11.5 Å². The lowest BCUT2D eigenvalue weighted by Gasteiger charge is -2.43. The number of rotatable bonds is 10. The third-order valence-corrected chi connectivity index (χ3v) is 8.66. The molecule has 3 aromatic rings. The van der Waals surface area contributed by atoms with Gasteiger partial charge in [-0.05, 0) is 66.3 Å². The van der Waals surface area contributed by atoms with Crippen LogP contribution in [0.3, 0.4) is 0 Å². The van der Waals surface area contributed by atoms with Crippen molar-refractivity contribution in [2.24, 2.45) is 16.7 Å². The van der Waals surface area contributed by atoms with E-state index in [2.05, 4.69) is 58.9 Å². The summed E-state index contributed by atoms with van der Waals surface area (Å²) in [4.78, 5) is 0. The van der Waals surface area contributed by atoms with Gasteiger partial charge in [0.2, 0.25) is 0 Å². The summed E-state index contributed by atoms with van der Waals surface area (Å²) in [6.45, 7) is 13.3. The van der Waals surface area contributed by atoms with E-state index in [0.29, 0.717) is 11.5 Å². The summed E-state index contributed by atoms with van der Waals surface area (Å²) in [6, 6.07) is 29.3. The maximum atomic E-state index is 14.6. The van der Waals surface area contributed by atoms with Crippen LogP contribution in [0.2, 0.25) is 0 Å². The van der Waals surface area contributed by atoms with Crippen LogP contribution in [0.4, 0.5) is 0 Å². The van der Waals surface area contributed by atoms with Crippen molar-refractivity contribution in [3.8, 4) is 11.5 Å². The predicted molar refractivity (Wildman–Crippen MR) is 143 cm³/mol. The van der Waals surface area contributed by atoms with E-state index in [0.717, 1.165) is 12.8 Å². The highest BCUT2D eigenvalue weighted by Gasteiger charge is 2.47. The topological polar surface area (TPSA) is 35.5 Å². The maximum absolute atomic E-state index is 14.6. The van der Waals surface area contributed by atoms with E-state index in [1.807, 2.05) is 73.7 Å². The second-order valence-electron chi connectivity index (χ2n) is 11.1. The van der Waals surface area contributed by atoms with Gasteiger partial charge in [0.05, 0.1) is 5.66 Å². The van der Waals surface area contributed by atoms with Crippen LogP contribution in [-0.2, 0) is 11.0 Å². The summed E-state index contributed by atoms with van der Waals surface area (Å²) >= 11 is 0. The first-order valence-electron chi connectivity index (χ1n) is 12.1. The molecule has 0 radical (unpaired) electrons. The molecule has 182 valence electrons. The van der Waals surface area contributed by atoms with Crippen molar-refractivity contribution in [1.29, 1.82) is 0 Å². The standard InChI is InChI=1S/C30H39O3P/c1-24(28(23-29(2,3)4)30(5,6)22-25-16-10-7-11-17-25)34(31,32-26-18-12-8-13-19-26)33-27-20-14-9-15-21-27/h7-21,24,28H,22-23H2,1-6H3. The Hall–Kier alpha value is -2.51. The fourth-order valence-corrected chi connectivity index (χ4v) is 6.83. The van der Waals surface area contributed by atoms with Gasteiger partial charge in [-0.15, -0.1) is 0 Å². The number of para-hydroxylation sites is 2. The van der Waals surface area contributed by atoms with E-state index in [9.17, 15) is 4.57 Å². The molecular formula is C30H39O3P. The largest absolute Gasteiger partial charge is 0.433 e. The minimum absolute atomic E-state index is 0.0528. The quantitative estimate of drug-likeness (QED) is 0.273. The zero-order valence-corrected chi connectivity index (χ0v) is 22.3. The molecular weight excluding hydrogens is 439 g/mol. The van der Waals surface area contributed by atoms with Gasteiger partial charge in [-0.3, -0.25) is 0 Å². The molecule has 34 heavy (non-hydrogen) atoms. The molecule has 4 heteroatoms. The molecule has 0 N–H and O–H groups in total. The number of hydrogen-bond acceptors (Lipinski definition) is 3. The molecule has 0 saturated carbocycles. The van der Waals surface area contributed by atoms with E-state index in [1.54, 1.807) is 0 Å². The Morgan fingerprint density at radius 2 is 1.12 bits per heavy atom. The summed E-state index contributed by atoms with van der Waals surface area (Å²) in [5, 5.41) is 0. The Kier molecular flexibility index (Phi) is 8.31. The smallest absolute Gasteiger partial charge is 0.416 e. The van der Waals surface area contributed by atoms with Gasteiger partial charge in [0.25, 0.3) is 0 Å². The lowest BCUT2D eigenvalue weighted by atomic mass is 9.67. The van der Waals surface area contributed by atoms with Crippen molar-refractivity contribution in [1.82, 2.24) is 0 Å². The average molecular weight is 479 g/mol. The molecule has 0 aliphatic rings. The maximum Gasteiger partial charge on any atom is 0.433 e. The van der Waals surface area contributed by atoms with Crippen molar-refractivity contribution in [3.63, 3.8) is 0 Å². The van der Waals surface area contributed by atoms with Crippen molar-refractivity contribution >= 4 is 7.60 Å². The molecule has 0 heterocycles. The van der Waals surface area contributed by atoms with Crippen LogP contribution in [0.15, 0.2) is 91.0 Å². The fraction of sp³-hybridized carbons (Fsp3) is 0.400. The van der Waals surface area contributed by atoms with Gasteiger partial charge in [0.15, 0.2) is 0 Å². The van der Waals surface area contributed by atoms with Crippen molar-refractivity contribution in [3.05, 3.63) is 96.6 Å². The zero-order chi connectivity index (χ0) is 24.8. The van der Waals surface area contributed by atoms with Gasteiger partial charge in [-0.1, -0.05) is 101 Å². The number of benzene rings is 3. The van der Waals surface area contributed by atoms with Crippen molar-refractivity contribution < 1.29 is 13.6 Å². The molecule has 0 bridgehead atoms. The Balaban J connectivity index is 2.01. The van der Waals surface area contributed by atoms with Gasteiger partial charge < -0.3 is 9.05 Å². The Bertz CT molecular complexity index is 1010. The molecule has 2 unspecified atom stereocenters. The van der Waals surface area contributed by atoms with Crippen molar-refractivity contribution in [2.75, 3.05) is 0 Å². The summed E-state index contributed by atoms with van der Waals surface area (Å²) in [7, 11) is -3.60. The van der Waals surface area contributed by atoms with E-state index in [1.165, 1.54) is 5.56 Å². The van der Waals surface area contributed by atoms with Crippen LogP contribution >= 0.6 is 7.60 Å². The summed E-state index contributed by atoms with van der Waals surface area (Å²) in [5.74, 6) is 1.21. The second-order valence-corrected chi connectivity index (χ2v) is 13.4. The molecule has 3 nitrogen and oxygen atoms in total. The van der Waals surface area contributed by atoms with E-state index < -0.39 is 7.60 Å². The molecule has 0 aliphatic heterocycles. The molecule has 0 spiro atoms. The lowest BCUT2D eigenvalue weighted by Crippen LogP contribution is -2.38. The highest BCUT2D eigenvalue weighted by atomic mass is 31.2. The van der Waals surface area contributed by atoms with E-state index in [-0.39, 0.29) is 22.4 Å². The van der Waals surface area contributed by atoms with Gasteiger partial charge in [-0.25, -0.2) is 4.57 Å². The normalized spacial score (nSPS) is 14.3. The zero-order valence-electron chi connectivity index (χ0n) is 21.4. The van der Waals surface area contributed by atoms with Crippen LogP contribution < -0.4 is 9.05 Å². The minimum Gasteiger partial charge on any atom is -0.416 e. The Morgan fingerprint density at radius 3 is 1.53 bits per heavy atom. The second kappa shape index (κ2) is 10.8. The van der Waals surface area contributed by atoms with Gasteiger partial charge in [-0.2, -0.15) is 0 Å². The van der Waals surface area contributed by atoms with Crippen LogP contribution in [0, 0.1) is 16.7 Å². The Morgan fingerprint density at radius 1 is 0.706 bits per heavy atom. The SMILES string of the molecule is CC(C(CC(C)(C)C)C(C)(C)Cc1ccccc1)P(=O)(Oc1ccccc1)Oc1ccccc1. The molecule has 0 saturated heterocycles. The first-order valence-corrected chi connectivity index (χ1v) is 13.7. The van der Waals surface area contributed by atoms with E-state index >= 15 is 0 Å². The fourth-order valence-electron chi connectivity index (χ4n) is 4.67. The molecule has 2 atom stereocenters. The van der Waals surface area contributed by atoms with Crippen molar-refractivity contribution in [2.45, 2.75) is 60.0 Å². The third kappa shape index (κ3) is 7.24. The summed E-state index contributed by atoms with van der Waals surface area (Å²) < 4.78 is 27.1. The molecule has 3 rings (SSSR count). The molecule has 0 aromatic heterocycles. The van der Waals surface area contributed by atoms with Crippen LogP contribution in [0.1, 0.15) is 53.5 Å². The van der Waals surface area contributed by atoms with Gasteiger partial charge in [0, 0.05) is 0 Å². The monoisotopic (exact) mass is 478 g/mol. The van der Waals surface area contributed by atoms with Crippen LogP contribution in [0.25, 0.3) is 0 Å². The third-order valence-electron chi connectivity index (χ3n) is 6.37. The molecule has 0 amide bonds. The number of hydrogen-bond donors (Lipinski definition) is 0. The Labute approximate surface area is 206 Å². The average Bonchev–Trinajstić information content (AvgIpc) is 2.78. The summed E-state index contributed by atoms with van der Waals surface area (Å²) in [6.07, 6.45) is 1.78. The van der Waals surface area contributed by atoms with Gasteiger partial charge in [0.1, 0.15) is 11.5 Å². The van der Waals surface area contributed by atoms with Crippen LogP contribution in [-0.4, -0.2) is 5.66 Å².